The number of halogens is 2. The third-order valence-electron chi connectivity index (χ3n) is 5.59. The number of hydrogen-bond donors (Lipinski definition) is 0. The van der Waals surface area contributed by atoms with Crippen molar-refractivity contribution in [1.82, 2.24) is 14.9 Å². The zero-order valence-corrected chi connectivity index (χ0v) is 17.6. The molecule has 7 heteroatoms. The quantitative estimate of drug-likeness (QED) is 0.639. The van der Waals surface area contributed by atoms with Crippen molar-refractivity contribution < 1.29 is 13.6 Å². The summed E-state index contributed by atoms with van der Waals surface area (Å²) in [4.78, 5) is 25.8. The molecule has 1 aromatic heterocycles. The number of anilines is 1. The molecule has 0 saturated carbocycles. The Balaban J connectivity index is 1.53. The number of nitrogens with zero attached hydrogens (tertiary/aromatic N) is 4. The second-order valence-corrected chi connectivity index (χ2v) is 7.71. The summed E-state index contributed by atoms with van der Waals surface area (Å²) < 4.78 is 27.4. The minimum absolute atomic E-state index is 0.110. The van der Waals surface area contributed by atoms with Crippen LogP contribution >= 0.6 is 0 Å². The van der Waals surface area contributed by atoms with Crippen LogP contribution in [-0.4, -0.2) is 47.0 Å². The van der Waals surface area contributed by atoms with Crippen molar-refractivity contribution in [3.63, 3.8) is 0 Å². The molecule has 1 amide bonds. The van der Waals surface area contributed by atoms with Crippen LogP contribution in [-0.2, 0) is 6.42 Å². The maximum absolute atomic E-state index is 14.3. The lowest BCUT2D eigenvalue weighted by molar-refractivity contribution is 0.0746. The van der Waals surface area contributed by atoms with Crippen LogP contribution in [0.25, 0.3) is 0 Å². The van der Waals surface area contributed by atoms with Crippen molar-refractivity contribution in [3.05, 3.63) is 88.4 Å². The molecule has 0 N–H and O–H groups in total. The molecular formula is C24H24F2N4O. The molecule has 2 aromatic carbocycles. The van der Waals surface area contributed by atoms with Gasteiger partial charge in [-0.15, -0.1) is 0 Å². The number of piperazine rings is 1. The van der Waals surface area contributed by atoms with Crippen molar-refractivity contribution in [2.24, 2.45) is 0 Å². The van der Waals surface area contributed by atoms with E-state index in [0.29, 0.717) is 49.6 Å². The van der Waals surface area contributed by atoms with E-state index in [1.54, 1.807) is 17.0 Å². The van der Waals surface area contributed by atoms with E-state index < -0.39 is 0 Å². The van der Waals surface area contributed by atoms with Gasteiger partial charge in [-0.2, -0.15) is 0 Å². The van der Waals surface area contributed by atoms with Gasteiger partial charge in [0.2, 0.25) is 0 Å². The van der Waals surface area contributed by atoms with Crippen molar-refractivity contribution in [3.8, 4) is 0 Å². The maximum Gasteiger partial charge on any atom is 0.253 e. The van der Waals surface area contributed by atoms with Gasteiger partial charge in [0.05, 0.1) is 0 Å². The van der Waals surface area contributed by atoms with E-state index in [4.69, 9.17) is 0 Å². The predicted octanol–water partition coefficient (Wildman–Crippen LogP) is 3.92. The number of amides is 1. The molecular weight excluding hydrogens is 398 g/mol. The summed E-state index contributed by atoms with van der Waals surface area (Å²) in [5.74, 6) is 0.736. The maximum atomic E-state index is 14.3. The lowest BCUT2D eigenvalue weighted by Gasteiger charge is -2.36. The van der Waals surface area contributed by atoms with E-state index in [9.17, 15) is 13.6 Å². The molecule has 0 unspecified atom stereocenters. The first-order chi connectivity index (χ1) is 14.9. The Morgan fingerprint density at radius 1 is 0.935 bits per heavy atom. The van der Waals surface area contributed by atoms with Crippen molar-refractivity contribution in [2.75, 3.05) is 31.1 Å². The van der Waals surface area contributed by atoms with Crippen LogP contribution in [0, 0.1) is 25.5 Å². The first-order valence-electron chi connectivity index (χ1n) is 10.3. The molecule has 0 atom stereocenters. The molecule has 3 aromatic rings. The van der Waals surface area contributed by atoms with Crippen LogP contribution in [0.1, 0.15) is 33.0 Å². The van der Waals surface area contributed by atoms with Crippen molar-refractivity contribution >= 4 is 11.7 Å². The molecule has 1 aliphatic heterocycles. The highest BCUT2D eigenvalue weighted by molar-refractivity contribution is 5.94. The van der Waals surface area contributed by atoms with Crippen LogP contribution in [0.4, 0.5) is 14.6 Å². The third kappa shape index (κ3) is 4.55. The molecule has 31 heavy (non-hydrogen) atoms. The second-order valence-electron chi connectivity index (χ2n) is 7.71. The Bertz CT molecular complexity index is 1090. The SMILES string of the molecule is Cc1nc(C)c(Cc2ccccc2F)c(N2CCN(C(=O)c3ccc(F)cc3)CC2)n1. The van der Waals surface area contributed by atoms with Gasteiger partial charge in [0.15, 0.2) is 0 Å². The largest absolute Gasteiger partial charge is 0.353 e. The fraction of sp³-hybridized carbons (Fsp3) is 0.292. The van der Waals surface area contributed by atoms with Gasteiger partial charge in [-0.1, -0.05) is 18.2 Å². The number of rotatable bonds is 4. The summed E-state index contributed by atoms with van der Waals surface area (Å²) in [6, 6.07) is 12.3. The summed E-state index contributed by atoms with van der Waals surface area (Å²) >= 11 is 0. The lowest BCUT2D eigenvalue weighted by Crippen LogP contribution is -2.49. The molecule has 0 radical (unpaired) electrons. The van der Waals surface area contributed by atoms with Crippen LogP contribution < -0.4 is 4.90 Å². The fourth-order valence-electron chi connectivity index (χ4n) is 3.91. The summed E-state index contributed by atoms with van der Waals surface area (Å²) in [7, 11) is 0. The summed E-state index contributed by atoms with van der Waals surface area (Å²) in [5, 5.41) is 0. The molecule has 2 heterocycles. The number of aromatic nitrogens is 2. The Morgan fingerprint density at radius 2 is 1.61 bits per heavy atom. The number of carbonyl (C=O) groups excluding carboxylic acids is 1. The molecule has 1 saturated heterocycles. The van der Waals surface area contributed by atoms with E-state index in [0.717, 1.165) is 17.1 Å². The molecule has 0 spiro atoms. The average molecular weight is 422 g/mol. The molecule has 5 nitrogen and oxygen atoms in total. The molecule has 160 valence electrons. The van der Waals surface area contributed by atoms with E-state index in [2.05, 4.69) is 14.9 Å². The van der Waals surface area contributed by atoms with E-state index >= 15 is 0 Å². The average Bonchev–Trinajstić information content (AvgIpc) is 2.77. The van der Waals surface area contributed by atoms with Crippen LogP contribution in [0.15, 0.2) is 48.5 Å². The fourth-order valence-corrected chi connectivity index (χ4v) is 3.91. The normalized spacial score (nSPS) is 14.1. The Hall–Kier alpha value is -3.35. The zero-order chi connectivity index (χ0) is 22.0. The molecule has 1 fully saturated rings. The van der Waals surface area contributed by atoms with Gasteiger partial charge in [0.1, 0.15) is 23.3 Å². The van der Waals surface area contributed by atoms with Gasteiger partial charge < -0.3 is 9.80 Å². The van der Waals surface area contributed by atoms with Gasteiger partial charge in [0.25, 0.3) is 5.91 Å². The zero-order valence-electron chi connectivity index (χ0n) is 17.6. The van der Waals surface area contributed by atoms with E-state index in [-0.39, 0.29) is 17.5 Å². The Morgan fingerprint density at radius 3 is 2.29 bits per heavy atom. The summed E-state index contributed by atoms with van der Waals surface area (Å²) in [6.07, 6.45) is 0.406. The first kappa shape index (κ1) is 20.9. The first-order valence-corrected chi connectivity index (χ1v) is 10.3. The van der Waals surface area contributed by atoms with Gasteiger partial charge in [-0.3, -0.25) is 4.79 Å². The molecule has 4 rings (SSSR count). The Kier molecular flexibility index (Phi) is 5.93. The standard InChI is InChI=1S/C24H24F2N4O/c1-16-21(15-19-5-3-4-6-22(19)26)23(28-17(2)27-16)29-11-13-30(14-12-29)24(31)18-7-9-20(25)10-8-18/h3-10H,11-15H2,1-2H3. The Labute approximate surface area is 180 Å². The van der Waals surface area contributed by atoms with Crippen LogP contribution in [0.2, 0.25) is 0 Å². The van der Waals surface area contributed by atoms with Gasteiger partial charge in [-0.25, -0.2) is 18.7 Å². The highest BCUT2D eigenvalue weighted by Crippen LogP contribution is 2.26. The second kappa shape index (κ2) is 8.79. The van der Waals surface area contributed by atoms with Crippen molar-refractivity contribution in [2.45, 2.75) is 20.3 Å². The number of benzene rings is 2. The minimum Gasteiger partial charge on any atom is -0.353 e. The summed E-state index contributed by atoms with van der Waals surface area (Å²) in [5.41, 5.74) is 2.80. The molecule has 0 aliphatic carbocycles. The van der Waals surface area contributed by atoms with Gasteiger partial charge in [-0.05, 0) is 49.7 Å². The van der Waals surface area contributed by atoms with Gasteiger partial charge in [0, 0.05) is 49.4 Å². The monoisotopic (exact) mass is 422 g/mol. The van der Waals surface area contributed by atoms with Crippen LogP contribution in [0.5, 0.6) is 0 Å². The van der Waals surface area contributed by atoms with Gasteiger partial charge >= 0.3 is 0 Å². The minimum atomic E-state index is -0.363. The highest BCUT2D eigenvalue weighted by Gasteiger charge is 2.25. The number of hydrogen-bond acceptors (Lipinski definition) is 4. The van der Waals surface area contributed by atoms with E-state index in [1.807, 2.05) is 19.9 Å². The van der Waals surface area contributed by atoms with Crippen LogP contribution in [0.3, 0.4) is 0 Å². The third-order valence-corrected chi connectivity index (χ3v) is 5.59. The highest BCUT2D eigenvalue weighted by atomic mass is 19.1. The smallest absolute Gasteiger partial charge is 0.253 e. The topological polar surface area (TPSA) is 49.3 Å². The lowest BCUT2D eigenvalue weighted by atomic mass is 10.0. The van der Waals surface area contributed by atoms with E-state index in [1.165, 1.54) is 30.3 Å². The molecule has 0 bridgehead atoms. The van der Waals surface area contributed by atoms with Crippen molar-refractivity contribution in [1.29, 1.82) is 0 Å². The predicted molar refractivity (Wildman–Crippen MR) is 115 cm³/mol. The number of aryl methyl sites for hydroxylation is 2. The molecule has 1 aliphatic rings. The summed E-state index contributed by atoms with van der Waals surface area (Å²) in [6.45, 7) is 6.02. The number of carbonyl (C=O) groups is 1.